The van der Waals surface area contributed by atoms with E-state index in [2.05, 4.69) is 5.32 Å². The lowest BCUT2D eigenvalue weighted by molar-refractivity contribution is -0.139. The van der Waals surface area contributed by atoms with Crippen molar-refractivity contribution in [3.05, 3.63) is 94.0 Å². The highest BCUT2D eigenvalue weighted by Gasteiger charge is 2.32. The Bertz CT molecular complexity index is 1410. The molecule has 214 valence electrons. The molecule has 2 amide bonds. The number of rotatable bonds is 12. The zero-order chi connectivity index (χ0) is 29.4. The minimum Gasteiger partial charge on any atom is -0.354 e. The molecule has 40 heavy (non-hydrogen) atoms. The van der Waals surface area contributed by atoms with Crippen molar-refractivity contribution in [1.29, 1.82) is 0 Å². The summed E-state index contributed by atoms with van der Waals surface area (Å²) in [6.07, 6.45) is 0.781. The molecule has 3 aromatic rings. The second kappa shape index (κ2) is 14.0. The highest BCUT2D eigenvalue weighted by molar-refractivity contribution is 7.92. The van der Waals surface area contributed by atoms with E-state index < -0.39 is 28.5 Å². The molecule has 3 rings (SSSR count). The molecule has 0 aliphatic rings. The molecule has 0 saturated heterocycles. The van der Waals surface area contributed by atoms with E-state index in [1.54, 1.807) is 55.5 Å². The van der Waals surface area contributed by atoms with Gasteiger partial charge in [0.15, 0.2) is 0 Å². The predicted octanol–water partition coefficient (Wildman–Crippen LogP) is 5.94. The van der Waals surface area contributed by atoms with Gasteiger partial charge in [0.25, 0.3) is 10.0 Å². The number of nitrogens with zero attached hydrogens (tertiary/aromatic N) is 2. The average Bonchev–Trinajstić information content (AvgIpc) is 2.94. The quantitative estimate of drug-likeness (QED) is 0.277. The van der Waals surface area contributed by atoms with E-state index in [1.165, 1.54) is 17.0 Å². The summed E-state index contributed by atoms with van der Waals surface area (Å²) in [6, 6.07) is 19.0. The maximum Gasteiger partial charge on any atom is 0.264 e. The first-order chi connectivity index (χ1) is 18.9. The number of halogens is 2. The maximum absolute atomic E-state index is 14.0. The van der Waals surface area contributed by atoms with Crippen LogP contribution in [0.4, 0.5) is 5.69 Å². The van der Waals surface area contributed by atoms with E-state index >= 15 is 0 Å². The van der Waals surface area contributed by atoms with Crippen LogP contribution < -0.4 is 9.62 Å². The van der Waals surface area contributed by atoms with Crippen molar-refractivity contribution in [2.24, 2.45) is 5.92 Å². The van der Waals surface area contributed by atoms with Crippen LogP contribution in [0.1, 0.15) is 38.8 Å². The molecular formula is C30H35Cl2N3O4S. The lowest BCUT2D eigenvalue weighted by Crippen LogP contribution is -2.51. The van der Waals surface area contributed by atoms with Gasteiger partial charge in [-0.25, -0.2) is 8.42 Å². The largest absolute Gasteiger partial charge is 0.354 e. The number of carbonyl (C=O) groups is 2. The van der Waals surface area contributed by atoms with Crippen LogP contribution in [0.5, 0.6) is 0 Å². The van der Waals surface area contributed by atoms with Gasteiger partial charge < -0.3 is 10.2 Å². The van der Waals surface area contributed by atoms with Crippen molar-refractivity contribution < 1.29 is 18.0 Å². The fourth-order valence-corrected chi connectivity index (χ4v) is 5.92. The summed E-state index contributed by atoms with van der Waals surface area (Å²) in [6.45, 7) is 7.46. The van der Waals surface area contributed by atoms with Gasteiger partial charge in [-0.3, -0.25) is 13.9 Å². The number of benzene rings is 3. The minimum absolute atomic E-state index is 0.0148. The Balaban J connectivity index is 2.02. The molecule has 0 fully saturated rings. The fourth-order valence-electron chi connectivity index (χ4n) is 4.01. The Labute approximate surface area is 247 Å². The van der Waals surface area contributed by atoms with Gasteiger partial charge in [-0.2, -0.15) is 0 Å². The van der Waals surface area contributed by atoms with Gasteiger partial charge in [0, 0.05) is 23.1 Å². The maximum atomic E-state index is 14.0. The first-order valence-electron chi connectivity index (χ1n) is 13.1. The molecule has 7 nitrogen and oxygen atoms in total. The molecule has 0 saturated carbocycles. The number of hydrogen-bond donors (Lipinski definition) is 1. The van der Waals surface area contributed by atoms with Gasteiger partial charge in [-0.1, -0.05) is 80.4 Å². The van der Waals surface area contributed by atoms with Crippen molar-refractivity contribution in [3.8, 4) is 0 Å². The topological polar surface area (TPSA) is 86.8 Å². The molecule has 0 spiro atoms. The second-order valence-electron chi connectivity index (χ2n) is 9.92. The summed E-state index contributed by atoms with van der Waals surface area (Å²) in [5.74, 6) is -0.696. The Morgan fingerprint density at radius 3 is 2.15 bits per heavy atom. The van der Waals surface area contributed by atoms with Gasteiger partial charge in [-0.05, 0) is 66.8 Å². The fraction of sp³-hybridized carbons (Fsp3) is 0.333. The monoisotopic (exact) mass is 603 g/mol. The normalized spacial score (nSPS) is 12.2. The standard InChI is InChI=1S/C30H35Cl2N3O4S/c1-5-23-11-15-26(16-12-23)35(40(38,39)27-9-7-6-8-10-27)20-29(36)34(22(4)30(37)33-18-21(2)3)19-24-13-14-25(31)17-28(24)32/h6-17,21-22H,5,18-20H2,1-4H3,(H,33,37)/t22-/m1/s1. The summed E-state index contributed by atoms with van der Waals surface area (Å²) in [5.41, 5.74) is 1.95. The Morgan fingerprint density at radius 1 is 0.925 bits per heavy atom. The first-order valence-corrected chi connectivity index (χ1v) is 15.3. The number of aryl methyl sites for hydroxylation is 1. The predicted molar refractivity (Wildman–Crippen MR) is 161 cm³/mol. The third-order valence-corrected chi connectivity index (χ3v) is 8.83. The molecular weight excluding hydrogens is 569 g/mol. The molecule has 1 atom stereocenters. The van der Waals surface area contributed by atoms with E-state index in [0.717, 1.165) is 16.3 Å². The van der Waals surface area contributed by atoms with Gasteiger partial charge in [0.2, 0.25) is 11.8 Å². The van der Waals surface area contributed by atoms with E-state index in [1.807, 2.05) is 32.9 Å². The Morgan fingerprint density at radius 2 is 1.57 bits per heavy atom. The highest BCUT2D eigenvalue weighted by atomic mass is 35.5. The zero-order valence-corrected chi connectivity index (χ0v) is 25.4. The van der Waals surface area contributed by atoms with Gasteiger partial charge >= 0.3 is 0 Å². The molecule has 0 unspecified atom stereocenters. The minimum atomic E-state index is -4.11. The molecule has 0 radical (unpaired) electrons. The lowest BCUT2D eigenvalue weighted by Gasteiger charge is -2.32. The molecule has 0 aromatic heterocycles. The number of anilines is 1. The summed E-state index contributed by atoms with van der Waals surface area (Å²) in [5, 5.41) is 3.63. The van der Waals surface area contributed by atoms with Crippen molar-refractivity contribution in [2.45, 2.75) is 51.6 Å². The molecule has 0 aliphatic carbocycles. The lowest BCUT2D eigenvalue weighted by atomic mass is 10.1. The Kier molecular flexibility index (Phi) is 11.0. The average molecular weight is 605 g/mol. The molecule has 3 aromatic carbocycles. The SMILES string of the molecule is CCc1ccc(N(CC(=O)N(Cc2ccc(Cl)cc2Cl)[C@H](C)C(=O)NCC(C)C)S(=O)(=O)c2ccccc2)cc1. The molecule has 0 heterocycles. The summed E-state index contributed by atoms with van der Waals surface area (Å²) in [7, 11) is -4.11. The van der Waals surface area contributed by atoms with E-state index in [4.69, 9.17) is 23.2 Å². The van der Waals surface area contributed by atoms with E-state index in [0.29, 0.717) is 27.8 Å². The van der Waals surface area contributed by atoms with Crippen LogP contribution in [0.3, 0.4) is 0 Å². The van der Waals surface area contributed by atoms with Crippen LogP contribution in [0.25, 0.3) is 0 Å². The van der Waals surface area contributed by atoms with Gasteiger partial charge in [0.05, 0.1) is 10.6 Å². The van der Waals surface area contributed by atoms with Crippen LogP contribution in [-0.4, -0.2) is 44.3 Å². The summed E-state index contributed by atoms with van der Waals surface area (Å²) in [4.78, 5) is 28.4. The van der Waals surface area contributed by atoms with E-state index in [9.17, 15) is 18.0 Å². The number of sulfonamides is 1. The number of hydrogen-bond acceptors (Lipinski definition) is 4. The third kappa shape index (κ3) is 7.99. The first kappa shape index (κ1) is 31.5. The van der Waals surface area contributed by atoms with Gasteiger partial charge in [0.1, 0.15) is 12.6 Å². The highest BCUT2D eigenvalue weighted by Crippen LogP contribution is 2.27. The third-order valence-electron chi connectivity index (χ3n) is 6.45. The summed E-state index contributed by atoms with van der Waals surface area (Å²) >= 11 is 12.5. The van der Waals surface area contributed by atoms with Crippen molar-refractivity contribution in [1.82, 2.24) is 10.2 Å². The number of amides is 2. The molecule has 10 heteroatoms. The van der Waals surface area contributed by atoms with Crippen molar-refractivity contribution in [3.63, 3.8) is 0 Å². The van der Waals surface area contributed by atoms with E-state index in [-0.39, 0.29) is 23.3 Å². The van der Waals surface area contributed by atoms with Crippen molar-refractivity contribution >= 4 is 50.7 Å². The van der Waals surface area contributed by atoms with Crippen LogP contribution in [0.2, 0.25) is 10.0 Å². The van der Waals surface area contributed by atoms with Crippen LogP contribution in [0.15, 0.2) is 77.7 Å². The number of carbonyl (C=O) groups excluding carboxylic acids is 2. The van der Waals surface area contributed by atoms with Crippen LogP contribution >= 0.6 is 23.2 Å². The smallest absolute Gasteiger partial charge is 0.264 e. The summed E-state index contributed by atoms with van der Waals surface area (Å²) < 4.78 is 28.7. The second-order valence-corrected chi connectivity index (χ2v) is 12.6. The Hall–Kier alpha value is -3.07. The van der Waals surface area contributed by atoms with Crippen LogP contribution in [0, 0.1) is 5.92 Å². The number of nitrogens with one attached hydrogen (secondary N) is 1. The van der Waals surface area contributed by atoms with Crippen LogP contribution in [-0.2, 0) is 32.6 Å². The zero-order valence-electron chi connectivity index (χ0n) is 23.1. The van der Waals surface area contributed by atoms with Crippen molar-refractivity contribution in [2.75, 3.05) is 17.4 Å². The molecule has 0 aliphatic heterocycles. The molecule has 0 bridgehead atoms. The molecule has 1 N–H and O–H groups in total. The van der Waals surface area contributed by atoms with Gasteiger partial charge in [-0.15, -0.1) is 0 Å².